The number of nitrogens with zero attached hydrogens (tertiary/aromatic N) is 1. The van der Waals surface area contributed by atoms with Crippen LogP contribution < -0.4 is 0 Å². The quantitative estimate of drug-likeness (QED) is 0.503. The van der Waals surface area contributed by atoms with Crippen molar-refractivity contribution >= 4 is 33.2 Å². The molecule has 0 fully saturated rings. The SMILES string of the molecule is CC1=NC(C)(C)C(=S)S1. The zero-order valence-corrected chi connectivity index (χ0v) is 7.40. The Bertz CT molecular complexity index is 181. The van der Waals surface area contributed by atoms with Crippen LogP contribution in [0, 0.1) is 0 Å². The van der Waals surface area contributed by atoms with Crippen molar-refractivity contribution in [2.24, 2.45) is 4.99 Å². The van der Waals surface area contributed by atoms with Crippen LogP contribution in [-0.4, -0.2) is 14.8 Å². The molecule has 3 heteroatoms. The lowest BCUT2D eigenvalue weighted by Gasteiger charge is -2.10. The molecule has 0 atom stereocenters. The number of rotatable bonds is 0. The maximum absolute atomic E-state index is 5.08. The summed E-state index contributed by atoms with van der Waals surface area (Å²) < 4.78 is 0.986. The second-order valence-electron chi connectivity index (χ2n) is 2.58. The molecule has 0 aromatic heterocycles. The summed E-state index contributed by atoms with van der Waals surface area (Å²) in [5.41, 5.74) is -0.0932. The maximum Gasteiger partial charge on any atom is 0.0973 e. The molecule has 1 heterocycles. The third kappa shape index (κ3) is 1.33. The minimum absolute atomic E-state index is 0.0932. The van der Waals surface area contributed by atoms with Crippen LogP contribution in [0.25, 0.3) is 0 Å². The highest BCUT2D eigenvalue weighted by Gasteiger charge is 2.29. The van der Waals surface area contributed by atoms with Gasteiger partial charge >= 0.3 is 0 Å². The third-order valence-electron chi connectivity index (χ3n) is 1.18. The standard InChI is InChI=1S/C6H9NS2/c1-4-7-6(2,3)5(8)9-4/h1-3H3. The second kappa shape index (κ2) is 2.06. The first-order chi connectivity index (χ1) is 4.02. The molecule has 0 saturated heterocycles. The van der Waals surface area contributed by atoms with Gasteiger partial charge < -0.3 is 0 Å². The van der Waals surface area contributed by atoms with Crippen molar-refractivity contribution in [1.82, 2.24) is 0 Å². The van der Waals surface area contributed by atoms with Crippen LogP contribution in [0.5, 0.6) is 0 Å². The Hall–Kier alpha value is 0.110. The summed E-state index contributed by atoms with van der Waals surface area (Å²) in [5, 5.41) is 1.09. The van der Waals surface area contributed by atoms with Gasteiger partial charge in [0.25, 0.3) is 0 Å². The molecular formula is C6H9NS2. The average Bonchev–Trinajstić information content (AvgIpc) is 1.79. The van der Waals surface area contributed by atoms with E-state index in [0.717, 1.165) is 9.24 Å². The van der Waals surface area contributed by atoms with Crippen LogP contribution in [0.15, 0.2) is 4.99 Å². The Labute approximate surface area is 64.9 Å². The van der Waals surface area contributed by atoms with Gasteiger partial charge in [0, 0.05) is 0 Å². The number of hydrogen-bond acceptors (Lipinski definition) is 3. The Balaban J connectivity index is 2.89. The van der Waals surface area contributed by atoms with Crippen LogP contribution >= 0.6 is 24.0 Å². The summed E-state index contributed by atoms with van der Waals surface area (Å²) in [6, 6.07) is 0. The van der Waals surface area contributed by atoms with E-state index in [1.165, 1.54) is 0 Å². The minimum Gasteiger partial charge on any atom is -0.271 e. The van der Waals surface area contributed by atoms with Crippen molar-refractivity contribution in [1.29, 1.82) is 0 Å². The van der Waals surface area contributed by atoms with Gasteiger partial charge in [-0.05, 0) is 20.8 Å². The van der Waals surface area contributed by atoms with Crippen LogP contribution in [0.1, 0.15) is 20.8 Å². The molecule has 0 N–H and O–H groups in total. The molecule has 1 aliphatic heterocycles. The summed E-state index contributed by atoms with van der Waals surface area (Å²) in [6.45, 7) is 6.07. The van der Waals surface area contributed by atoms with Crippen LogP contribution in [0.2, 0.25) is 0 Å². The molecule has 0 spiro atoms. The highest BCUT2D eigenvalue weighted by atomic mass is 32.2. The summed E-state index contributed by atoms with van der Waals surface area (Å²) in [6.07, 6.45) is 0. The van der Waals surface area contributed by atoms with Gasteiger partial charge in [-0.15, -0.1) is 0 Å². The number of thiocarbonyl (C=S) groups is 1. The van der Waals surface area contributed by atoms with Crippen LogP contribution in [0.4, 0.5) is 0 Å². The molecule has 1 rings (SSSR count). The zero-order valence-electron chi connectivity index (χ0n) is 5.76. The molecule has 9 heavy (non-hydrogen) atoms. The van der Waals surface area contributed by atoms with Crippen molar-refractivity contribution < 1.29 is 0 Å². The summed E-state index contributed by atoms with van der Waals surface area (Å²) >= 11 is 6.69. The van der Waals surface area contributed by atoms with Crippen molar-refractivity contribution in [3.05, 3.63) is 0 Å². The molecule has 1 aliphatic rings. The highest BCUT2D eigenvalue weighted by molar-refractivity contribution is 8.33. The molecule has 0 saturated carbocycles. The zero-order chi connectivity index (χ0) is 7.07. The summed E-state index contributed by atoms with van der Waals surface area (Å²) in [7, 11) is 0. The van der Waals surface area contributed by atoms with Crippen LogP contribution in [-0.2, 0) is 0 Å². The normalized spacial score (nSPS) is 24.3. The van der Waals surface area contributed by atoms with Gasteiger partial charge in [0.05, 0.1) is 14.8 Å². The van der Waals surface area contributed by atoms with Gasteiger partial charge in [0.15, 0.2) is 0 Å². The first kappa shape index (κ1) is 7.22. The summed E-state index contributed by atoms with van der Waals surface area (Å²) in [5.74, 6) is 0. The molecule has 0 bridgehead atoms. The van der Waals surface area contributed by atoms with Crippen molar-refractivity contribution in [3.8, 4) is 0 Å². The van der Waals surface area contributed by atoms with Gasteiger partial charge in [0.1, 0.15) is 0 Å². The molecule has 50 valence electrons. The molecule has 0 aliphatic carbocycles. The first-order valence-corrected chi connectivity index (χ1v) is 4.03. The van der Waals surface area contributed by atoms with Gasteiger partial charge in [-0.2, -0.15) is 0 Å². The fourth-order valence-corrected chi connectivity index (χ4v) is 1.97. The van der Waals surface area contributed by atoms with E-state index >= 15 is 0 Å². The predicted molar refractivity (Wildman–Crippen MR) is 47.4 cm³/mol. The topological polar surface area (TPSA) is 12.4 Å². The fraction of sp³-hybridized carbons (Fsp3) is 0.667. The molecule has 0 amide bonds. The third-order valence-corrected chi connectivity index (χ3v) is 3.00. The van der Waals surface area contributed by atoms with E-state index < -0.39 is 0 Å². The molecule has 0 aromatic carbocycles. The second-order valence-corrected chi connectivity index (χ2v) is 4.45. The Morgan fingerprint density at radius 3 is 2.22 bits per heavy atom. The molecule has 0 aromatic rings. The largest absolute Gasteiger partial charge is 0.271 e. The predicted octanol–water partition coefficient (Wildman–Crippen LogP) is 2.26. The van der Waals surface area contributed by atoms with Gasteiger partial charge in [-0.25, -0.2) is 0 Å². The number of aliphatic imine (C=N–C) groups is 1. The van der Waals surface area contributed by atoms with Gasteiger partial charge in [-0.1, -0.05) is 24.0 Å². The van der Waals surface area contributed by atoms with Gasteiger partial charge in [0.2, 0.25) is 0 Å². The molecule has 0 unspecified atom stereocenters. The lowest BCUT2D eigenvalue weighted by molar-refractivity contribution is 0.728. The number of hydrogen-bond donors (Lipinski definition) is 0. The fourth-order valence-electron chi connectivity index (χ4n) is 0.721. The maximum atomic E-state index is 5.08. The number of thioether (sulfide) groups is 1. The van der Waals surface area contributed by atoms with E-state index in [0.29, 0.717) is 0 Å². The Morgan fingerprint density at radius 1 is 1.56 bits per heavy atom. The minimum atomic E-state index is -0.0932. The lowest BCUT2D eigenvalue weighted by atomic mass is 10.1. The van der Waals surface area contributed by atoms with Gasteiger partial charge in [-0.3, -0.25) is 4.99 Å². The molecule has 1 nitrogen and oxygen atoms in total. The van der Waals surface area contributed by atoms with Crippen molar-refractivity contribution in [3.63, 3.8) is 0 Å². The van der Waals surface area contributed by atoms with E-state index in [-0.39, 0.29) is 5.54 Å². The van der Waals surface area contributed by atoms with E-state index in [9.17, 15) is 0 Å². The van der Waals surface area contributed by atoms with E-state index in [1.54, 1.807) is 11.8 Å². The van der Waals surface area contributed by atoms with Crippen LogP contribution in [0.3, 0.4) is 0 Å². The smallest absolute Gasteiger partial charge is 0.0973 e. The molecule has 0 radical (unpaired) electrons. The first-order valence-electron chi connectivity index (χ1n) is 2.81. The Kier molecular flexibility index (Phi) is 1.65. The van der Waals surface area contributed by atoms with E-state index in [4.69, 9.17) is 12.2 Å². The van der Waals surface area contributed by atoms with Crippen molar-refractivity contribution in [2.45, 2.75) is 26.3 Å². The Morgan fingerprint density at radius 2 is 2.11 bits per heavy atom. The lowest BCUT2D eigenvalue weighted by Crippen LogP contribution is -2.20. The average molecular weight is 159 g/mol. The highest BCUT2D eigenvalue weighted by Crippen LogP contribution is 2.29. The van der Waals surface area contributed by atoms with E-state index in [1.807, 2.05) is 20.8 Å². The molecular weight excluding hydrogens is 150 g/mol. The van der Waals surface area contributed by atoms with Crippen molar-refractivity contribution in [2.75, 3.05) is 0 Å². The van der Waals surface area contributed by atoms with E-state index in [2.05, 4.69) is 4.99 Å². The summed E-state index contributed by atoms with van der Waals surface area (Å²) in [4.78, 5) is 4.34. The monoisotopic (exact) mass is 159 g/mol.